The van der Waals surface area contributed by atoms with Gasteiger partial charge in [-0.05, 0) is 67.1 Å². The number of carbonyl (C=O) groups excluding carboxylic acids is 1. The Morgan fingerprint density at radius 2 is 1.93 bits per heavy atom. The quantitative estimate of drug-likeness (QED) is 0.580. The highest BCUT2D eigenvalue weighted by molar-refractivity contribution is 7.99. The summed E-state index contributed by atoms with van der Waals surface area (Å²) in [5.74, 6) is 0.974. The fourth-order valence-electron chi connectivity index (χ4n) is 3.78. The standard InChI is InChI=1S/C22H23N5O2S/c1-15-13-22(2,3)26(19-11-10-17(29-4)12-18(15)19)20(28)14-30-21-23-24-25-27(21)16-8-6-5-7-9-16/h5-13H,14H2,1-4H3. The molecule has 2 aromatic carbocycles. The van der Waals surface area contributed by atoms with Crippen molar-refractivity contribution in [3.8, 4) is 11.4 Å². The first-order chi connectivity index (χ1) is 14.4. The van der Waals surface area contributed by atoms with Crippen LogP contribution < -0.4 is 9.64 Å². The van der Waals surface area contributed by atoms with Crippen molar-refractivity contribution in [3.63, 3.8) is 0 Å². The zero-order valence-corrected chi connectivity index (χ0v) is 18.2. The SMILES string of the molecule is COc1ccc2c(c1)C(C)=CC(C)(C)N2C(=O)CSc1nnnn1-c1ccccc1. The lowest BCUT2D eigenvalue weighted by atomic mass is 9.88. The summed E-state index contributed by atoms with van der Waals surface area (Å²) in [6.45, 7) is 6.14. The highest BCUT2D eigenvalue weighted by Gasteiger charge is 2.36. The van der Waals surface area contributed by atoms with Crippen molar-refractivity contribution in [2.45, 2.75) is 31.5 Å². The molecule has 0 aliphatic carbocycles. The van der Waals surface area contributed by atoms with Crippen LogP contribution in [0.15, 0.2) is 59.8 Å². The number of carbonyl (C=O) groups is 1. The highest BCUT2D eigenvalue weighted by atomic mass is 32.2. The van der Waals surface area contributed by atoms with Crippen molar-refractivity contribution in [3.05, 3.63) is 60.2 Å². The fraction of sp³-hybridized carbons (Fsp3) is 0.273. The summed E-state index contributed by atoms with van der Waals surface area (Å²) in [5, 5.41) is 12.5. The maximum atomic E-state index is 13.3. The molecular formula is C22H23N5O2S. The number of methoxy groups -OCH3 is 1. The van der Waals surface area contributed by atoms with Crippen molar-refractivity contribution in [1.82, 2.24) is 20.2 Å². The van der Waals surface area contributed by atoms with Crippen molar-refractivity contribution in [2.75, 3.05) is 17.8 Å². The minimum Gasteiger partial charge on any atom is -0.497 e. The number of nitrogens with zero attached hydrogens (tertiary/aromatic N) is 5. The summed E-state index contributed by atoms with van der Waals surface area (Å²) in [6, 6.07) is 15.4. The summed E-state index contributed by atoms with van der Waals surface area (Å²) in [4.78, 5) is 15.2. The number of allylic oxidation sites excluding steroid dienone is 1. The van der Waals surface area contributed by atoms with Gasteiger partial charge in [0.1, 0.15) is 5.75 Å². The number of aromatic nitrogens is 4. The summed E-state index contributed by atoms with van der Waals surface area (Å²) >= 11 is 1.32. The second kappa shape index (κ2) is 7.95. The molecule has 154 valence electrons. The minimum atomic E-state index is -0.450. The van der Waals surface area contributed by atoms with Crippen LogP contribution in [0.3, 0.4) is 0 Å². The van der Waals surface area contributed by atoms with Gasteiger partial charge >= 0.3 is 0 Å². The number of benzene rings is 2. The minimum absolute atomic E-state index is 0.0113. The third kappa shape index (κ3) is 3.70. The largest absolute Gasteiger partial charge is 0.497 e. The van der Waals surface area contributed by atoms with Gasteiger partial charge in [0.2, 0.25) is 11.1 Å². The fourth-order valence-corrected chi connectivity index (χ4v) is 4.52. The van der Waals surface area contributed by atoms with E-state index < -0.39 is 5.54 Å². The van der Waals surface area contributed by atoms with Crippen LogP contribution in [0.1, 0.15) is 26.3 Å². The maximum Gasteiger partial charge on any atom is 0.238 e. The third-order valence-electron chi connectivity index (χ3n) is 5.03. The van der Waals surface area contributed by atoms with Gasteiger partial charge in [0.25, 0.3) is 0 Å². The number of amides is 1. The van der Waals surface area contributed by atoms with E-state index in [0.29, 0.717) is 5.16 Å². The first-order valence-corrected chi connectivity index (χ1v) is 10.6. The first-order valence-electron chi connectivity index (χ1n) is 9.58. The molecule has 0 saturated carbocycles. The zero-order chi connectivity index (χ0) is 21.3. The van der Waals surface area contributed by atoms with Gasteiger partial charge < -0.3 is 9.64 Å². The van der Waals surface area contributed by atoms with Gasteiger partial charge in [-0.15, -0.1) is 5.10 Å². The molecule has 1 aromatic heterocycles. The zero-order valence-electron chi connectivity index (χ0n) is 17.4. The number of hydrogen-bond donors (Lipinski definition) is 0. The van der Waals surface area contributed by atoms with E-state index in [4.69, 9.17) is 4.74 Å². The first kappa shape index (κ1) is 20.2. The Kier molecular flexibility index (Phi) is 5.34. The van der Waals surface area contributed by atoms with Crippen LogP contribution in [0.5, 0.6) is 5.75 Å². The van der Waals surface area contributed by atoms with Crippen molar-refractivity contribution >= 4 is 28.9 Å². The Bertz CT molecular complexity index is 1110. The van der Waals surface area contributed by atoms with Crippen LogP contribution in [0.2, 0.25) is 0 Å². The monoisotopic (exact) mass is 421 g/mol. The molecular weight excluding hydrogens is 398 g/mol. The van der Waals surface area contributed by atoms with Crippen molar-refractivity contribution in [2.24, 2.45) is 0 Å². The van der Waals surface area contributed by atoms with E-state index >= 15 is 0 Å². The summed E-state index contributed by atoms with van der Waals surface area (Å²) in [7, 11) is 1.64. The van der Waals surface area contributed by atoms with E-state index in [1.54, 1.807) is 11.8 Å². The van der Waals surface area contributed by atoms with Crippen LogP contribution in [0.4, 0.5) is 5.69 Å². The predicted molar refractivity (Wildman–Crippen MR) is 118 cm³/mol. The topological polar surface area (TPSA) is 73.1 Å². The van der Waals surface area contributed by atoms with E-state index in [2.05, 4.69) is 28.5 Å². The molecule has 2 heterocycles. The van der Waals surface area contributed by atoms with E-state index in [9.17, 15) is 4.79 Å². The van der Waals surface area contributed by atoms with Crippen molar-refractivity contribution in [1.29, 1.82) is 0 Å². The Morgan fingerprint density at radius 1 is 1.17 bits per heavy atom. The lowest BCUT2D eigenvalue weighted by Crippen LogP contribution is -2.49. The smallest absolute Gasteiger partial charge is 0.238 e. The van der Waals surface area contributed by atoms with Gasteiger partial charge in [-0.25, -0.2) is 0 Å². The van der Waals surface area contributed by atoms with Gasteiger partial charge in [0.15, 0.2) is 0 Å². The normalized spacial score (nSPS) is 14.8. The molecule has 0 atom stereocenters. The molecule has 0 bridgehead atoms. The predicted octanol–water partition coefficient (Wildman–Crippen LogP) is 3.99. The maximum absolute atomic E-state index is 13.3. The van der Waals surface area contributed by atoms with Gasteiger partial charge in [-0.1, -0.05) is 36.0 Å². The second-order valence-corrected chi connectivity index (χ2v) is 8.53. The Balaban J connectivity index is 1.59. The van der Waals surface area contributed by atoms with Crippen LogP contribution in [-0.4, -0.2) is 44.5 Å². The molecule has 1 aliphatic rings. The summed E-state index contributed by atoms with van der Waals surface area (Å²) in [6.07, 6.45) is 2.12. The Morgan fingerprint density at radius 3 is 2.67 bits per heavy atom. The van der Waals surface area contributed by atoms with E-state index in [-0.39, 0.29) is 11.7 Å². The molecule has 7 nitrogen and oxygen atoms in total. The van der Waals surface area contributed by atoms with Gasteiger partial charge in [0, 0.05) is 5.56 Å². The number of anilines is 1. The third-order valence-corrected chi connectivity index (χ3v) is 5.94. The van der Waals surface area contributed by atoms with Gasteiger partial charge in [-0.2, -0.15) is 4.68 Å². The molecule has 1 amide bonds. The van der Waals surface area contributed by atoms with Crippen LogP contribution in [0, 0.1) is 0 Å². The van der Waals surface area contributed by atoms with Crippen LogP contribution >= 0.6 is 11.8 Å². The van der Waals surface area contributed by atoms with Gasteiger partial charge in [0.05, 0.1) is 29.8 Å². The molecule has 4 rings (SSSR count). The lowest BCUT2D eigenvalue weighted by molar-refractivity contribution is -0.116. The molecule has 0 fully saturated rings. The van der Waals surface area contributed by atoms with Gasteiger partial charge in [-0.3, -0.25) is 4.79 Å². The molecule has 0 radical (unpaired) electrons. The number of tetrazole rings is 1. The number of para-hydroxylation sites is 1. The number of fused-ring (bicyclic) bond motifs is 1. The number of thioether (sulfide) groups is 1. The number of rotatable bonds is 5. The molecule has 0 unspecified atom stereocenters. The lowest BCUT2D eigenvalue weighted by Gasteiger charge is -2.41. The average Bonchev–Trinajstić information content (AvgIpc) is 3.20. The van der Waals surface area contributed by atoms with E-state index in [0.717, 1.165) is 28.3 Å². The number of ether oxygens (including phenoxy) is 1. The second-order valence-electron chi connectivity index (χ2n) is 7.59. The van der Waals surface area contributed by atoms with Crippen molar-refractivity contribution < 1.29 is 9.53 Å². The summed E-state index contributed by atoms with van der Waals surface area (Å²) in [5.41, 5.74) is 3.41. The highest BCUT2D eigenvalue weighted by Crippen LogP contribution is 2.41. The summed E-state index contributed by atoms with van der Waals surface area (Å²) < 4.78 is 7.01. The molecule has 0 spiro atoms. The van der Waals surface area contributed by atoms with Crippen LogP contribution in [-0.2, 0) is 4.79 Å². The molecule has 0 saturated heterocycles. The average molecular weight is 422 g/mol. The molecule has 3 aromatic rings. The van der Waals surface area contributed by atoms with E-state index in [1.807, 2.05) is 67.3 Å². The Hall–Kier alpha value is -3.13. The molecule has 8 heteroatoms. The van der Waals surface area contributed by atoms with Crippen LogP contribution in [0.25, 0.3) is 11.3 Å². The number of hydrogen-bond acceptors (Lipinski definition) is 6. The Labute approximate surface area is 179 Å². The molecule has 30 heavy (non-hydrogen) atoms. The molecule has 1 aliphatic heterocycles. The molecule has 0 N–H and O–H groups in total. The van der Waals surface area contributed by atoms with E-state index in [1.165, 1.54) is 11.8 Å².